The summed E-state index contributed by atoms with van der Waals surface area (Å²) in [6, 6.07) is 7.55. The van der Waals surface area contributed by atoms with E-state index in [4.69, 9.17) is 5.73 Å². The van der Waals surface area contributed by atoms with Crippen LogP contribution in [0.25, 0.3) is 0 Å². The van der Waals surface area contributed by atoms with Crippen molar-refractivity contribution in [1.29, 1.82) is 0 Å². The molecule has 0 radical (unpaired) electrons. The van der Waals surface area contributed by atoms with E-state index in [1.54, 1.807) is 0 Å². The number of halogens is 1. The third-order valence-corrected chi connectivity index (χ3v) is 5.16. The van der Waals surface area contributed by atoms with Gasteiger partial charge in [0.1, 0.15) is 0 Å². The summed E-state index contributed by atoms with van der Waals surface area (Å²) in [4.78, 5) is 4.95. The van der Waals surface area contributed by atoms with Crippen LogP contribution in [0.3, 0.4) is 0 Å². The van der Waals surface area contributed by atoms with E-state index in [0.29, 0.717) is 6.04 Å². The molecule has 118 valence electrons. The molecule has 1 saturated heterocycles. The lowest BCUT2D eigenvalue weighted by Crippen LogP contribution is -2.37. The summed E-state index contributed by atoms with van der Waals surface area (Å²) in [5.74, 6) is 0. The zero-order valence-corrected chi connectivity index (χ0v) is 15.1. The van der Waals surface area contributed by atoms with Gasteiger partial charge in [0.25, 0.3) is 0 Å². The van der Waals surface area contributed by atoms with Crippen molar-refractivity contribution < 1.29 is 0 Å². The van der Waals surface area contributed by atoms with Crippen LogP contribution in [0.5, 0.6) is 0 Å². The van der Waals surface area contributed by atoms with Crippen molar-refractivity contribution in [2.24, 2.45) is 5.73 Å². The summed E-state index contributed by atoms with van der Waals surface area (Å²) in [7, 11) is 2.21. The fraction of sp³-hybridized carbons (Fsp3) is 0.647. The zero-order valence-electron chi connectivity index (χ0n) is 13.5. The first-order valence-corrected chi connectivity index (χ1v) is 8.79. The smallest absolute Gasteiger partial charge is 0.0388 e. The number of anilines is 1. The van der Waals surface area contributed by atoms with Crippen LogP contribution in [0.4, 0.5) is 5.69 Å². The molecule has 2 unspecified atom stereocenters. The molecule has 0 saturated carbocycles. The van der Waals surface area contributed by atoms with E-state index in [1.807, 2.05) is 0 Å². The van der Waals surface area contributed by atoms with E-state index in [0.717, 1.165) is 25.9 Å². The van der Waals surface area contributed by atoms with Gasteiger partial charge in [-0.3, -0.25) is 0 Å². The lowest BCUT2D eigenvalue weighted by molar-refractivity contribution is 0.337. The Kier molecular flexibility index (Phi) is 6.08. The minimum absolute atomic E-state index is 0.248. The molecule has 2 rings (SSSR count). The minimum atomic E-state index is 0.248. The van der Waals surface area contributed by atoms with Gasteiger partial charge < -0.3 is 15.5 Å². The molecule has 0 aliphatic carbocycles. The van der Waals surface area contributed by atoms with Crippen molar-refractivity contribution in [2.45, 2.75) is 45.2 Å². The van der Waals surface area contributed by atoms with Crippen LogP contribution in [0.1, 0.15) is 32.3 Å². The van der Waals surface area contributed by atoms with Gasteiger partial charge in [0.05, 0.1) is 0 Å². The largest absolute Gasteiger partial charge is 0.367 e. The van der Waals surface area contributed by atoms with Gasteiger partial charge in [-0.05, 0) is 57.5 Å². The Morgan fingerprint density at radius 2 is 2.14 bits per heavy atom. The Balaban J connectivity index is 2.15. The lowest BCUT2D eigenvalue weighted by atomic mass is 10.0. The predicted octanol–water partition coefficient (Wildman–Crippen LogP) is 3.26. The van der Waals surface area contributed by atoms with Crippen LogP contribution < -0.4 is 10.6 Å². The van der Waals surface area contributed by atoms with E-state index in [2.05, 4.69) is 64.8 Å². The van der Waals surface area contributed by atoms with Crippen molar-refractivity contribution in [3.05, 3.63) is 28.2 Å². The third kappa shape index (κ3) is 4.44. The summed E-state index contributed by atoms with van der Waals surface area (Å²) >= 11 is 3.73. The van der Waals surface area contributed by atoms with Crippen molar-refractivity contribution >= 4 is 21.6 Å². The first kappa shape index (κ1) is 16.8. The average Bonchev–Trinajstić information content (AvgIpc) is 2.61. The number of nitrogens with two attached hydrogens (primary N) is 1. The summed E-state index contributed by atoms with van der Waals surface area (Å²) in [5.41, 5.74) is 8.71. The Morgan fingerprint density at radius 3 is 2.81 bits per heavy atom. The van der Waals surface area contributed by atoms with E-state index in [9.17, 15) is 0 Å². The van der Waals surface area contributed by atoms with Crippen molar-refractivity contribution in [3.63, 3.8) is 0 Å². The van der Waals surface area contributed by atoms with Gasteiger partial charge in [0.15, 0.2) is 0 Å². The van der Waals surface area contributed by atoms with Crippen LogP contribution in [-0.4, -0.2) is 43.7 Å². The van der Waals surface area contributed by atoms with Crippen molar-refractivity contribution in [2.75, 3.05) is 31.6 Å². The maximum Gasteiger partial charge on any atom is 0.0388 e. The van der Waals surface area contributed by atoms with Crippen LogP contribution in [-0.2, 0) is 6.42 Å². The van der Waals surface area contributed by atoms with Crippen LogP contribution in [0.2, 0.25) is 0 Å². The molecule has 1 fully saturated rings. The molecule has 0 spiro atoms. The van der Waals surface area contributed by atoms with Crippen molar-refractivity contribution in [3.8, 4) is 0 Å². The number of hydrogen-bond donors (Lipinski definition) is 1. The second kappa shape index (κ2) is 7.61. The fourth-order valence-electron chi connectivity index (χ4n) is 3.06. The van der Waals surface area contributed by atoms with Gasteiger partial charge >= 0.3 is 0 Å². The molecular formula is C17H28BrN3. The zero-order chi connectivity index (χ0) is 15.4. The molecule has 4 heteroatoms. The van der Waals surface area contributed by atoms with E-state index in [-0.39, 0.29) is 6.04 Å². The molecule has 0 aromatic heterocycles. The number of nitrogens with zero attached hydrogens (tertiary/aromatic N) is 2. The molecular weight excluding hydrogens is 326 g/mol. The highest BCUT2D eigenvalue weighted by Crippen LogP contribution is 2.27. The van der Waals surface area contributed by atoms with Crippen molar-refractivity contribution in [1.82, 2.24) is 4.90 Å². The van der Waals surface area contributed by atoms with E-state index < -0.39 is 0 Å². The van der Waals surface area contributed by atoms with E-state index in [1.165, 1.54) is 28.7 Å². The van der Waals surface area contributed by atoms with Gasteiger partial charge in [-0.25, -0.2) is 0 Å². The Hall–Kier alpha value is -0.580. The normalized spacial score (nSPS) is 22.1. The summed E-state index contributed by atoms with van der Waals surface area (Å²) in [6.07, 6.45) is 3.18. The highest BCUT2D eigenvalue weighted by atomic mass is 79.9. The summed E-state index contributed by atoms with van der Waals surface area (Å²) in [5, 5.41) is 0. The molecule has 1 aromatic rings. The highest BCUT2D eigenvalue weighted by molar-refractivity contribution is 9.10. The second-order valence-electron chi connectivity index (χ2n) is 6.31. The standard InChI is InChI=1S/C17H28BrN3/c1-4-15(19)10-14-6-7-16(11-17(14)18)21-9-5-8-20(3)12-13(21)2/h6-7,11,13,15H,4-5,8-10,12,19H2,1-3H3. The first-order valence-electron chi connectivity index (χ1n) is 8.00. The molecule has 2 N–H and O–H groups in total. The highest BCUT2D eigenvalue weighted by Gasteiger charge is 2.20. The van der Waals surface area contributed by atoms with E-state index >= 15 is 0 Å². The van der Waals surface area contributed by atoms with Crippen LogP contribution in [0.15, 0.2) is 22.7 Å². The molecule has 0 amide bonds. The second-order valence-corrected chi connectivity index (χ2v) is 7.16. The topological polar surface area (TPSA) is 32.5 Å². The number of likely N-dealkylation sites (N-methyl/N-ethyl adjacent to an activating group) is 1. The SMILES string of the molecule is CCC(N)Cc1ccc(N2CCCN(C)CC2C)cc1Br. The number of hydrogen-bond acceptors (Lipinski definition) is 3. The van der Waals surface area contributed by atoms with Gasteiger partial charge in [-0.2, -0.15) is 0 Å². The average molecular weight is 354 g/mol. The van der Waals surface area contributed by atoms with Gasteiger partial charge in [-0.15, -0.1) is 0 Å². The third-order valence-electron chi connectivity index (χ3n) is 4.42. The Morgan fingerprint density at radius 1 is 1.38 bits per heavy atom. The molecule has 2 atom stereocenters. The summed E-state index contributed by atoms with van der Waals surface area (Å²) in [6.45, 7) is 7.90. The molecule has 21 heavy (non-hydrogen) atoms. The lowest BCUT2D eigenvalue weighted by Gasteiger charge is -2.30. The predicted molar refractivity (Wildman–Crippen MR) is 95.0 cm³/mol. The molecule has 3 nitrogen and oxygen atoms in total. The maximum atomic E-state index is 6.08. The molecule has 1 aliphatic heterocycles. The fourth-order valence-corrected chi connectivity index (χ4v) is 3.59. The van der Waals surface area contributed by atoms with Gasteiger partial charge in [0, 0.05) is 35.3 Å². The minimum Gasteiger partial charge on any atom is -0.367 e. The molecule has 1 aromatic carbocycles. The Labute approximate surface area is 137 Å². The monoisotopic (exact) mass is 353 g/mol. The molecule has 1 aliphatic rings. The van der Waals surface area contributed by atoms with Crippen LogP contribution in [0, 0.1) is 0 Å². The molecule has 1 heterocycles. The first-order chi connectivity index (χ1) is 10.0. The quantitative estimate of drug-likeness (QED) is 0.901. The molecule has 0 bridgehead atoms. The van der Waals surface area contributed by atoms with Crippen LogP contribution >= 0.6 is 15.9 Å². The number of benzene rings is 1. The van der Waals surface area contributed by atoms with Gasteiger partial charge in [0.2, 0.25) is 0 Å². The maximum absolute atomic E-state index is 6.08. The number of rotatable bonds is 4. The van der Waals surface area contributed by atoms with Gasteiger partial charge in [-0.1, -0.05) is 28.9 Å². The Bertz CT molecular complexity index is 463. The summed E-state index contributed by atoms with van der Waals surface area (Å²) < 4.78 is 1.19.